The molecular formula is C21H17F3N4OS. The quantitative estimate of drug-likeness (QED) is 0.450. The van der Waals surface area contributed by atoms with Gasteiger partial charge >= 0.3 is 6.18 Å². The minimum absolute atomic E-state index is 0.0156. The molecule has 0 atom stereocenters. The van der Waals surface area contributed by atoms with E-state index in [1.165, 1.54) is 23.9 Å². The maximum absolute atomic E-state index is 12.8. The van der Waals surface area contributed by atoms with E-state index in [0.717, 1.165) is 34.2 Å². The molecule has 0 unspecified atom stereocenters. The molecule has 2 aromatic carbocycles. The zero-order chi connectivity index (χ0) is 21.5. The number of thioether (sulfide) groups is 1. The van der Waals surface area contributed by atoms with Gasteiger partial charge in [-0.1, -0.05) is 36.0 Å². The van der Waals surface area contributed by atoms with Gasteiger partial charge in [0, 0.05) is 11.1 Å². The number of hydrogen-bond acceptors (Lipinski definition) is 4. The highest BCUT2D eigenvalue weighted by atomic mass is 32.2. The van der Waals surface area contributed by atoms with Crippen molar-refractivity contribution in [3.8, 4) is 0 Å². The van der Waals surface area contributed by atoms with Crippen molar-refractivity contribution in [2.75, 3.05) is 11.1 Å². The zero-order valence-corrected chi connectivity index (χ0v) is 16.9. The second-order valence-electron chi connectivity index (χ2n) is 6.89. The SMILES string of the molecule is Cc1cc2nnc(SCC(=O)Nc3cccc(C(F)(F)F)c3)n2c2c(C)cccc12. The molecule has 1 amide bonds. The van der Waals surface area contributed by atoms with Gasteiger partial charge in [-0.15, -0.1) is 10.2 Å². The number of carbonyl (C=O) groups excluding carboxylic acids is 1. The molecule has 0 bridgehead atoms. The molecule has 0 saturated carbocycles. The van der Waals surface area contributed by atoms with E-state index in [1.807, 2.05) is 42.5 Å². The number of amides is 1. The number of hydrogen-bond donors (Lipinski definition) is 1. The maximum atomic E-state index is 12.8. The first-order valence-corrected chi connectivity index (χ1v) is 10.1. The summed E-state index contributed by atoms with van der Waals surface area (Å²) in [5, 5.41) is 12.5. The zero-order valence-electron chi connectivity index (χ0n) is 16.1. The van der Waals surface area contributed by atoms with E-state index in [-0.39, 0.29) is 11.4 Å². The predicted molar refractivity (Wildman–Crippen MR) is 111 cm³/mol. The summed E-state index contributed by atoms with van der Waals surface area (Å²) in [6.07, 6.45) is -4.47. The van der Waals surface area contributed by atoms with Gasteiger partial charge in [0.2, 0.25) is 5.91 Å². The van der Waals surface area contributed by atoms with Crippen LogP contribution < -0.4 is 5.32 Å². The number of aryl methyl sites for hydroxylation is 2. The Kier molecular flexibility index (Phi) is 5.15. The number of anilines is 1. The third kappa shape index (κ3) is 3.85. The summed E-state index contributed by atoms with van der Waals surface area (Å²) in [5.41, 5.74) is 3.06. The van der Waals surface area contributed by atoms with E-state index in [1.54, 1.807) is 0 Å². The van der Waals surface area contributed by atoms with Crippen LogP contribution in [0.4, 0.5) is 18.9 Å². The Morgan fingerprint density at radius 1 is 1.07 bits per heavy atom. The van der Waals surface area contributed by atoms with Crippen molar-refractivity contribution >= 4 is 39.9 Å². The number of nitrogens with one attached hydrogen (secondary N) is 1. The predicted octanol–water partition coefficient (Wildman–Crippen LogP) is 5.25. The van der Waals surface area contributed by atoms with Crippen LogP contribution in [0.5, 0.6) is 0 Å². The van der Waals surface area contributed by atoms with Crippen LogP contribution in [0.15, 0.2) is 53.7 Å². The summed E-state index contributed by atoms with van der Waals surface area (Å²) < 4.78 is 40.4. The van der Waals surface area contributed by atoms with E-state index in [2.05, 4.69) is 15.5 Å². The fraction of sp³-hybridized carbons (Fsp3) is 0.190. The van der Waals surface area contributed by atoms with Gasteiger partial charge in [0.25, 0.3) is 0 Å². The third-order valence-corrected chi connectivity index (χ3v) is 5.63. The van der Waals surface area contributed by atoms with Crippen LogP contribution >= 0.6 is 11.8 Å². The smallest absolute Gasteiger partial charge is 0.325 e. The van der Waals surface area contributed by atoms with Gasteiger partial charge in [0.05, 0.1) is 16.8 Å². The molecule has 4 aromatic rings. The van der Waals surface area contributed by atoms with Gasteiger partial charge < -0.3 is 5.32 Å². The molecule has 2 aromatic heterocycles. The van der Waals surface area contributed by atoms with Crippen LogP contribution in [-0.4, -0.2) is 26.3 Å². The first kappa shape index (κ1) is 20.2. The van der Waals surface area contributed by atoms with Crippen molar-refractivity contribution in [2.45, 2.75) is 25.2 Å². The largest absolute Gasteiger partial charge is 0.416 e. The fourth-order valence-corrected chi connectivity index (χ4v) is 4.07. The molecule has 5 nitrogen and oxygen atoms in total. The summed E-state index contributed by atoms with van der Waals surface area (Å²) in [6, 6.07) is 12.5. The molecular weight excluding hydrogens is 413 g/mol. The van der Waals surface area contributed by atoms with Gasteiger partial charge in [-0.2, -0.15) is 13.2 Å². The Hall–Kier alpha value is -3.07. The van der Waals surface area contributed by atoms with E-state index < -0.39 is 17.6 Å². The minimum atomic E-state index is -4.47. The number of rotatable bonds is 4. The van der Waals surface area contributed by atoms with E-state index in [9.17, 15) is 18.0 Å². The van der Waals surface area contributed by atoms with Gasteiger partial charge in [-0.3, -0.25) is 9.20 Å². The Morgan fingerprint density at radius 2 is 1.83 bits per heavy atom. The highest BCUT2D eigenvalue weighted by Crippen LogP contribution is 2.31. The number of aromatic nitrogens is 3. The van der Waals surface area contributed by atoms with Gasteiger partial charge in [-0.25, -0.2) is 0 Å². The van der Waals surface area contributed by atoms with Gasteiger partial charge in [-0.05, 0) is 49.2 Å². The van der Waals surface area contributed by atoms with E-state index >= 15 is 0 Å². The summed E-state index contributed by atoms with van der Waals surface area (Å²) in [4.78, 5) is 12.3. The molecule has 0 aliphatic rings. The molecule has 1 N–H and O–H groups in total. The average Bonchev–Trinajstić information content (AvgIpc) is 3.09. The molecule has 0 saturated heterocycles. The molecule has 0 aliphatic heterocycles. The first-order valence-electron chi connectivity index (χ1n) is 9.08. The molecule has 9 heteroatoms. The molecule has 0 fully saturated rings. The van der Waals surface area contributed by atoms with Crippen molar-refractivity contribution < 1.29 is 18.0 Å². The monoisotopic (exact) mass is 430 g/mol. The van der Waals surface area contributed by atoms with Crippen molar-refractivity contribution in [3.05, 3.63) is 65.2 Å². The lowest BCUT2D eigenvalue weighted by Crippen LogP contribution is -2.15. The molecule has 0 radical (unpaired) electrons. The summed E-state index contributed by atoms with van der Waals surface area (Å²) >= 11 is 1.18. The van der Waals surface area contributed by atoms with Crippen molar-refractivity contribution in [1.82, 2.24) is 14.6 Å². The van der Waals surface area contributed by atoms with Gasteiger partial charge in [0.15, 0.2) is 10.8 Å². The third-order valence-electron chi connectivity index (χ3n) is 4.70. The van der Waals surface area contributed by atoms with E-state index in [4.69, 9.17) is 0 Å². The number of fused-ring (bicyclic) bond motifs is 3. The summed E-state index contributed by atoms with van der Waals surface area (Å²) in [7, 11) is 0. The number of alkyl halides is 3. The van der Waals surface area contributed by atoms with Crippen LogP contribution in [0.3, 0.4) is 0 Å². The Labute approximate surface area is 174 Å². The average molecular weight is 430 g/mol. The lowest BCUT2D eigenvalue weighted by atomic mass is 10.1. The lowest BCUT2D eigenvalue weighted by Gasteiger charge is -2.11. The highest BCUT2D eigenvalue weighted by Gasteiger charge is 2.30. The second kappa shape index (κ2) is 7.64. The fourth-order valence-electron chi connectivity index (χ4n) is 3.32. The Bertz CT molecular complexity index is 1270. The normalized spacial score (nSPS) is 11.9. The molecule has 154 valence electrons. The molecule has 0 spiro atoms. The van der Waals surface area contributed by atoms with Crippen LogP contribution in [0.2, 0.25) is 0 Å². The van der Waals surface area contributed by atoms with Crippen LogP contribution in [0.1, 0.15) is 16.7 Å². The van der Waals surface area contributed by atoms with E-state index in [0.29, 0.717) is 10.8 Å². The Balaban J connectivity index is 1.57. The molecule has 30 heavy (non-hydrogen) atoms. The second-order valence-corrected chi connectivity index (χ2v) is 7.83. The lowest BCUT2D eigenvalue weighted by molar-refractivity contribution is -0.137. The first-order chi connectivity index (χ1) is 14.2. The topological polar surface area (TPSA) is 59.3 Å². The highest BCUT2D eigenvalue weighted by molar-refractivity contribution is 7.99. The Morgan fingerprint density at radius 3 is 2.60 bits per heavy atom. The number of nitrogens with zero attached hydrogens (tertiary/aromatic N) is 3. The molecule has 2 heterocycles. The minimum Gasteiger partial charge on any atom is -0.325 e. The number of pyridine rings is 1. The summed E-state index contributed by atoms with van der Waals surface area (Å²) in [5.74, 6) is -0.442. The van der Waals surface area contributed by atoms with Crippen LogP contribution in [-0.2, 0) is 11.0 Å². The number of para-hydroxylation sites is 1. The number of carbonyl (C=O) groups is 1. The van der Waals surface area contributed by atoms with Crippen molar-refractivity contribution in [1.29, 1.82) is 0 Å². The van der Waals surface area contributed by atoms with Gasteiger partial charge in [0.1, 0.15) is 0 Å². The standard InChI is InChI=1S/C21H17F3N4OS/c1-12-5-3-8-16-13(2)9-17-26-27-20(28(17)19(12)16)30-11-18(29)25-15-7-4-6-14(10-15)21(22,23)24/h3-10H,11H2,1-2H3,(H,25,29). The number of halogens is 3. The molecule has 0 aliphatic carbocycles. The van der Waals surface area contributed by atoms with Crippen LogP contribution in [0, 0.1) is 13.8 Å². The van der Waals surface area contributed by atoms with Crippen LogP contribution in [0.25, 0.3) is 16.6 Å². The number of benzene rings is 2. The van der Waals surface area contributed by atoms with Crippen molar-refractivity contribution in [3.63, 3.8) is 0 Å². The molecule has 4 rings (SSSR count). The maximum Gasteiger partial charge on any atom is 0.416 e. The van der Waals surface area contributed by atoms with Crippen molar-refractivity contribution in [2.24, 2.45) is 0 Å². The summed E-state index contributed by atoms with van der Waals surface area (Å²) in [6.45, 7) is 4.00.